The zero-order valence-corrected chi connectivity index (χ0v) is 5.16. The molecule has 10 heavy (non-hydrogen) atoms. The molecular weight excluding hydrogens is 131 g/mol. The number of para-hydroxylation sites is 2. The third kappa shape index (κ3) is 0.603. The maximum Gasteiger partial charge on any atom is 0.127 e. The van der Waals surface area contributed by atoms with Crippen molar-refractivity contribution in [2.45, 2.75) is 0 Å². The number of benzene rings is 1. The number of imidazole rings is 1. The Kier molecular flexibility index (Phi) is 0.974. The Hall–Kier alpha value is -1.38. The zero-order valence-electron chi connectivity index (χ0n) is 5.16. The summed E-state index contributed by atoms with van der Waals surface area (Å²) in [5.74, 6) is 0. The van der Waals surface area contributed by atoms with Crippen molar-refractivity contribution in [3.8, 4) is 0 Å². The van der Waals surface area contributed by atoms with E-state index in [0.29, 0.717) is 15.8 Å². The van der Waals surface area contributed by atoms with E-state index in [1.807, 2.05) is 6.07 Å². The van der Waals surface area contributed by atoms with Crippen LogP contribution in [0.1, 0.15) is 0 Å². The lowest BCUT2D eigenvalue weighted by molar-refractivity contribution is 0.384. The van der Waals surface area contributed by atoms with E-state index in [-0.39, 0.29) is 0 Å². The van der Waals surface area contributed by atoms with E-state index >= 15 is 0 Å². The molecule has 0 unspecified atom stereocenters. The van der Waals surface area contributed by atoms with Gasteiger partial charge in [0, 0.05) is 0 Å². The first-order valence-corrected chi connectivity index (χ1v) is 2.96. The molecule has 1 heterocycles. The van der Waals surface area contributed by atoms with Crippen molar-refractivity contribution in [3.63, 3.8) is 0 Å². The molecule has 0 atom stereocenters. The maximum absolute atomic E-state index is 12.6. The quantitative estimate of drug-likeness (QED) is 0.539. The molecule has 0 saturated carbocycles. The molecule has 0 aliphatic carbocycles. The summed E-state index contributed by atoms with van der Waals surface area (Å²) in [4.78, 5) is 4.32. The van der Waals surface area contributed by atoms with E-state index in [1.165, 1.54) is 0 Å². The molecule has 0 N–H and O–H groups in total. The minimum Gasteiger partial charge on any atom is -0.234 e. The van der Waals surface area contributed by atoms with Crippen LogP contribution in [-0.4, -0.2) is 9.77 Å². The normalized spacial score (nSPS) is 10.5. The van der Waals surface area contributed by atoms with Crippen molar-refractivity contribution in [1.29, 1.82) is 0 Å². The summed E-state index contributed by atoms with van der Waals surface area (Å²) in [5.41, 5.74) is 1.20. The molecule has 0 aliphatic rings. The van der Waals surface area contributed by atoms with Crippen molar-refractivity contribution in [1.82, 2.24) is 9.77 Å². The standard InChI is InChI=1S/C7H5FN2/c8-10-5-9-6-3-1-2-4-7(6)10/h1-5H. The molecule has 50 valence electrons. The summed E-state index contributed by atoms with van der Waals surface area (Å²) in [6, 6.07) is 7.06. The molecule has 0 spiro atoms. The van der Waals surface area contributed by atoms with Gasteiger partial charge in [-0.05, 0) is 12.1 Å². The fourth-order valence-corrected chi connectivity index (χ4v) is 0.929. The van der Waals surface area contributed by atoms with Gasteiger partial charge in [-0.3, -0.25) is 0 Å². The number of aromatic nitrogens is 2. The van der Waals surface area contributed by atoms with Crippen LogP contribution >= 0.6 is 0 Å². The molecule has 0 aliphatic heterocycles. The molecule has 0 saturated heterocycles. The van der Waals surface area contributed by atoms with Crippen molar-refractivity contribution in [3.05, 3.63) is 30.6 Å². The Labute approximate surface area is 56.9 Å². The largest absolute Gasteiger partial charge is 0.234 e. The van der Waals surface area contributed by atoms with E-state index in [2.05, 4.69) is 4.98 Å². The molecule has 2 nitrogen and oxygen atoms in total. The zero-order chi connectivity index (χ0) is 6.97. The molecule has 0 radical (unpaired) electrons. The molecule has 1 aromatic carbocycles. The van der Waals surface area contributed by atoms with Crippen LogP contribution in [0, 0.1) is 0 Å². The third-order valence-electron chi connectivity index (χ3n) is 1.41. The van der Waals surface area contributed by atoms with Crippen molar-refractivity contribution >= 4 is 11.0 Å². The van der Waals surface area contributed by atoms with Crippen LogP contribution in [0.5, 0.6) is 0 Å². The number of fused-ring (bicyclic) bond motifs is 1. The average molecular weight is 136 g/mol. The SMILES string of the molecule is Fn1cnc2ccccc21. The summed E-state index contributed by atoms with van der Waals surface area (Å²) in [6.07, 6.45) is 1.16. The van der Waals surface area contributed by atoms with Gasteiger partial charge in [0.25, 0.3) is 0 Å². The Balaban J connectivity index is 2.93. The minimum atomic E-state index is 0.509. The summed E-state index contributed by atoms with van der Waals surface area (Å²) in [5, 5.41) is 0. The number of nitrogens with zero attached hydrogens (tertiary/aromatic N) is 2. The summed E-state index contributed by atoms with van der Waals surface area (Å²) in [7, 11) is 0. The lowest BCUT2D eigenvalue weighted by atomic mass is 10.3. The van der Waals surface area contributed by atoms with Crippen LogP contribution in [0.25, 0.3) is 11.0 Å². The average Bonchev–Trinajstić information content (AvgIpc) is 2.34. The second kappa shape index (κ2) is 1.80. The molecule has 1 aromatic heterocycles. The van der Waals surface area contributed by atoms with Gasteiger partial charge in [-0.25, -0.2) is 4.98 Å². The Bertz CT molecular complexity index is 353. The first-order chi connectivity index (χ1) is 4.88. The van der Waals surface area contributed by atoms with Crippen molar-refractivity contribution in [2.24, 2.45) is 0 Å². The van der Waals surface area contributed by atoms with E-state index in [4.69, 9.17) is 0 Å². The Morgan fingerprint density at radius 1 is 1.30 bits per heavy atom. The van der Waals surface area contributed by atoms with Crippen LogP contribution in [-0.2, 0) is 0 Å². The molecule has 0 bridgehead atoms. The number of hydrogen-bond donors (Lipinski definition) is 0. The highest BCUT2D eigenvalue weighted by Gasteiger charge is 1.97. The fourth-order valence-electron chi connectivity index (χ4n) is 0.929. The third-order valence-corrected chi connectivity index (χ3v) is 1.41. The second-order valence-electron chi connectivity index (χ2n) is 2.04. The first kappa shape index (κ1) is 5.41. The molecular formula is C7H5FN2. The highest BCUT2D eigenvalue weighted by molar-refractivity contribution is 5.74. The van der Waals surface area contributed by atoms with Gasteiger partial charge in [0.05, 0.1) is 5.52 Å². The van der Waals surface area contributed by atoms with E-state index in [9.17, 15) is 4.48 Å². The predicted octanol–water partition coefficient (Wildman–Crippen LogP) is 1.77. The van der Waals surface area contributed by atoms with Gasteiger partial charge in [0.15, 0.2) is 0 Å². The maximum atomic E-state index is 12.6. The molecule has 0 fully saturated rings. The van der Waals surface area contributed by atoms with E-state index in [1.54, 1.807) is 18.2 Å². The van der Waals surface area contributed by atoms with Gasteiger partial charge in [-0.2, -0.15) is 4.79 Å². The number of rotatable bonds is 0. The smallest absolute Gasteiger partial charge is 0.127 e. The summed E-state index contributed by atoms with van der Waals surface area (Å²) in [6.45, 7) is 0. The van der Waals surface area contributed by atoms with Crippen LogP contribution in [0.3, 0.4) is 0 Å². The number of halogens is 1. The van der Waals surface area contributed by atoms with Crippen LogP contribution in [0.15, 0.2) is 30.6 Å². The second-order valence-corrected chi connectivity index (χ2v) is 2.04. The first-order valence-electron chi connectivity index (χ1n) is 2.96. The minimum absolute atomic E-state index is 0.509. The van der Waals surface area contributed by atoms with Gasteiger partial charge < -0.3 is 0 Å². The van der Waals surface area contributed by atoms with Gasteiger partial charge in [-0.1, -0.05) is 16.6 Å². The van der Waals surface area contributed by atoms with Crippen LogP contribution in [0.2, 0.25) is 0 Å². The molecule has 2 aromatic rings. The van der Waals surface area contributed by atoms with Gasteiger partial charge in [0.1, 0.15) is 11.8 Å². The Morgan fingerprint density at radius 2 is 2.10 bits per heavy atom. The topological polar surface area (TPSA) is 17.8 Å². The van der Waals surface area contributed by atoms with Crippen molar-refractivity contribution < 1.29 is 4.48 Å². The van der Waals surface area contributed by atoms with Gasteiger partial charge in [-0.15, -0.1) is 0 Å². The molecule has 0 amide bonds. The summed E-state index contributed by atoms with van der Waals surface area (Å²) >= 11 is 0. The van der Waals surface area contributed by atoms with Gasteiger partial charge in [0.2, 0.25) is 0 Å². The lowest BCUT2D eigenvalue weighted by Crippen LogP contribution is -1.74. The van der Waals surface area contributed by atoms with Crippen molar-refractivity contribution in [2.75, 3.05) is 0 Å². The Morgan fingerprint density at radius 3 is 2.90 bits per heavy atom. The number of hydrogen-bond acceptors (Lipinski definition) is 1. The molecule has 3 heteroatoms. The predicted molar refractivity (Wildman–Crippen MR) is 36.2 cm³/mol. The van der Waals surface area contributed by atoms with Crippen LogP contribution in [0.4, 0.5) is 4.48 Å². The highest BCUT2D eigenvalue weighted by atomic mass is 19.2. The van der Waals surface area contributed by atoms with Crippen LogP contribution < -0.4 is 0 Å². The fraction of sp³-hybridized carbons (Fsp3) is 0. The van der Waals surface area contributed by atoms with Gasteiger partial charge >= 0.3 is 0 Å². The summed E-state index contributed by atoms with van der Waals surface area (Å²) < 4.78 is 12.6. The highest BCUT2D eigenvalue weighted by Crippen LogP contribution is 2.10. The van der Waals surface area contributed by atoms with E-state index in [0.717, 1.165) is 6.33 Å². The van der Waals surface area contributed by atoms with E-state index < -0.39 is 0 Å². The monoisotopic (exact) mass is 136 g/mol. The molecule has 2 rings (SSSR count). The lowest BCUT2D eigenvalue weighted by Gasteiger charge is -1.85.